The first-order chi connectivity index (χ1) is 13.6. The largest absolute Gasteiger partial charge is 0.497 e. The normalized spacial score (nSPS) is 17.0. The molecule has 1 amide bonds. The quantitative estimate of drug-likeness (QED) is 0.755. The summed E-state index contributed by atoms with van der Waals surface area (Å²) in [5.41, 5.74) is 2.21. The molecular formula is C23H29NO4. The van der Waals surface area contributed by atoms with Gasteiger partial charge in [-0.1, -0.05) is 24.6 Å². The minimum Gasteiger partial charge on any atom is -0.497 e. The lowest BCUT2D eigenvalue weighted by Crippen LogP contribution is -2.35. The van der Waals surface area contributed by atoms with Crippen LogP contribution in [0.2, 0.25) is 0 Å². The Morgan fingerprint density at radius 2 is 1.71 bits per heavy atom. The van der Waals surface area contributed by atoms with Crippen LogP contribution in [0.4, 0.5) is 0 Å². The number of amides is 1. The monoisotopic (exact) mass is 383 g/mol. The third-order valence-corrected chi connectivity index (χ3v) is 5.41. The van der Waals surface area contributed by atoms with Gasteiger partial charge in [-0.3, -0.25) is 4.79 Å². The number of benzene rings is 2. The first kappa shape index (κ1) is 20.1. The minimum absolute atomic E-state index is 0.160. The van der Waals surface area contributed by atoms with E-state index in [0.29, 0.717) is 23.8 Å². The maximum Gasteiger partial charge on any atom is 0.227 e. The van der Waals surface area contributed by atoms with Crippen molar-refractivity contribution in [3.8, 4) is 17.2 Å². The van der Waals surface area contributed by atoms with Gasteiger partial charge in [0.05, 0.1) is 27.8 Å². The van der Waals surface area contributed by atoms with Crippen molar-refractivity contribution in [2.24, 2.45) is 0 Å². The number of likely N-dealkylation sites (tertiary alicyclic amines) is 1. The zero-order chi connectivity index (χ0) is 19.9. The Kier molecular flexibility index (Phi) is 6.80. The second kappa shape index (κ2) is 9.49. The highest BCUT2D eigenvalue weighted by atomic mass is 16.5. The molecule has 3 rings (SSSR count). The van der Waals surface area contributed by atoms with Crippen molar-refractivity contribution in [2.45, 2.75) is 31.6 Å². The Morgan fingerprint density at radius 1 is 0.964 bits per heavy atom. The Morgan fingerprint density at radius 3 is 2.39 bits per heavy atom. The van der Waals surface area contributed by atoms with Crippen molar-refractivity contribution in [1.82, 2.24) is 4.90 Å². The fourth-order valence-corrected chi connectivity index (χ4v) is 3.79. The Balaban J connectivity index is 1.69. The van der Waals surface area contributed by atoms with E-state index in [1.807, 2.05) is 35.2 Å². The number of carbonyl (C=O) groups excluding carboxylic acids is 1. The van der Waals surface area contributed by atoms with Crippen molar-refractivity contribution in [3.63, 3.8) is 0 Å². The molecule has 0 bridgehead atoms. The van der Waals surface area contributed by atoms with Crippen molar-refractivity contribution in [1.29, 1.82) is 0 Å². The summed E-state index contributed by atoms with van der Waals surface area (Å²) in [6.45, 7) is 1.58. The van der Waals surface area contributed by atoms with Gasteiger partial charge in [-0.2, -0.15) is 0 Å². The van der Waals surface area contributed by atoms with Gasteiger partial charge in [0.15, 0.2) is 11.5 Å². The average molecular weight is 383 g/mol. The summed E-state index contributed by atoms with van der Waals surface area (Å²) < 4.78 is 15.9. The molecule has 0 aliphatic carbocycles. The molecule has 1 aliphatic rings. The molecule has 1 fully saturated rings. The molecule has 1 unspecified atom stereocenters. The summed E-state index contributed by atoms with van der Waals surface area (Å²) in [5, 5.41) is 0. The van der Waals surface area contributed by atoms with E-state index in [-0.39, 0.29) is 5.91 Å². The number of ether oxygens (including phenoxy) is 3. The van der Waals surface area contributed by atoms with E-state index in [2.05, 4.69) is 12.1 Å². The van der Waals surface area contributed by atoms with Crippen molar-refractivity contribution < 1.29 is 19.0 Å². The Bertz CT molecular complexity index is 788. The third kappa shape index (κ3) is 4.77. The number of carbonyl (C=O) groups is 1. The first-order valence-electron chi connectivity index (χ1n) is 9.77. The molecule has 5 heteroatoms. The van der Waals surface area contributed by atoms with Crippen LogP contribution in [0, 0.1) is 0 Å². The molecule has 2 aromatic carbocycles. The van der Waals surface area contributed by atoms with Gasteiger partial charge in [0, 0.05) is 19.0 Å². The fourth-order valence-electron chi connectivity index (χ4n) is 3.79. The summed E-state index contributed by atoms with van der Waals surface area (Å²) in [5.74, 6) is 2.71. The van der Waals surface area contributed by atoms with Gasteiger partial charge < -0.3 is 19.1 Å². The highest BCUT2D eigenvalue weighted by Gasteiger charge is 2.23. The number of hydrogen-bond donors (Lipinski definition) is 0. The van der Waals surface area contributed by atoms with Crippen LogP contribution in [0.5, 0.6) is 17.2 Å². The van der Waals surface area contributed by atoms with Crippen molar-refractivity contribution in [2.75, 3.05) is 34.4 Å². The van der Waals surface area contributed by atoms with E-state index in [0.717, 1.165) is 43.7 Å². The first-order valence-corrected chi connectivity index (χ1v) is 9.77. The van der Waals surface area contributed by atoms with E-state index in [4.69, 9.17) is 14.2 Å². The van der Waals surface area contributed by atoms with E-state index < -0.39 is 0 Å². The van der Waals surface area contributed by atoms with Crippen LogP contribution in [0.25, 0.3) is 0 Å². The average Bonchev–Trinajstić information content (AvgIpc) is 3.00. The number of hydrogen-bond acceptors (Lipinski definition) is 4. The molecule has 0 spiro atoms. The number of methoxy groups -OCH3 is 3. The molecule has 2 aromatic rings. The highest BCUT2D eigenvalue weighted by molar-refractivity contribution is 5.79. The van der Waals surface area contributed by atoms with Gasteiger partial charge in [0.2, 0.25) is 5.91 Å². The zero-order valence-electron chi connectivity index (χ0n) is 16.9. The molecule has 0 saturated carbocycles. The topological polar surface area (TPSA) is 48.0 Å². The van der Waals surface area contributed by atoms with Crippen molar-refractivity contribution in [3.05, 3.63) is 53.6 Å². The number of rotatable bonds is 6. The second-order valence-electron chi connectivity index (χ2n) is 7.17. The maximum atomic E-state index is 13.0. The second-order valence-corrected chi connectivity index (χ2v) is 7.17. The standard InChI is InChI=1S/C23H29NO4/c1-26-20-10-8-18(9-11-20)19-6-4-5-13-24(16-19)23(25)15-17-7-12-21(27-2)22(14-17)28-3/h7-12,14,19H,4-6,13,15-16H2,1-3H3. The highest BCUT2D eigenvalue weighted by Crippen LogP contribution is 2.30. The zero-order valence-corrected chi connectivity index (χ0v) is 16.9. The number of nitrogens with zero attached hydrogens (tertiary/aromatic N) is 1. The summed E-state index contributed by atoms with van der Waals surface area (Å²) in [6, 6.07) is 13.9. The molecule has 1 heterocycles. The SMILES string of the molecule is COc1ccc(C2CCCCN(C(=O)Cc3ccc(OC)c(OC)c3)C2)cc1. The van der Waals surface area contributed by atoms with E-state index >= 15 is 0 Å². The van der Waals surface area contributed by atoms with Crippen LogP contribution in [0.1, 0.15) is 36.3 Å². The van der Waals surface area contributed by atoms with Gasteiger partial charge in [-0.15, -0.1) is 0 Å². The van der Waals surface area contributed by atoms with Crippen molar-refractivity contribution >= 4 is 5.91 Å². The van der Waals surface area contributed by atoms with E-state index in [1.54, 1.807) is 21.3 Å². The molecule has 0 N–H and O–H groups in total. The van der Waals surface area contributed by atoms with Crippen LogP contribution in [-0.2, 0) is 11.2 Å². The lowest BCUT2D eigenvalue weighted by atomic mass is 9.94. The summed E-state index contributed by atoms with van der Waals surface area (Å²) in [6.07, 6.45) is 3.66. The van der Waals surface area contributed by atoms with Gasteiger partial charge >= 0.3 is 0 Å². The van der Waals surface area contributed by atoms with E-state index in [1.165, 1.54) is 5.56 Å². The van der Waals surface area contributed by atoms with Crippen LogP contribution >= 0.6 is 0 Å². The lowest BCUT2D eigenvalue weighted by molar-refractivity contribution is -0.130. The smallest absolute Gasteiger partial charge is 0.227 e. The lowest BCUT2D eigenvalue weighted by Gasteiger charge is -2.25. The van der Waals surface area contributed by atoms with E-state index in [9.17, 15) is 4.79 Å². The molecule has 150 valence electrons. The Labute approximate surface area is 167 Å². The molecule has 28 heavy (non-hydrogen) atoms. The summed E-state index contributed by atoms with van der Waals surface area (Å²) in [7, 11) is 4.89. The maximum absolute atomic E-state index is 13.0. The van der Waals surface area contributed by atoms with Crippen LogP contribution in [-0.4, -0.2) is 45.2 Å². The van der Waals surface area contributed by atoms with Crippen LogP contribution < -0.4 is 14.2 Å². The molecular weight excluding hydrogens is 354 g/mol. The van der Waals surface area contributed by atoms with Crippen LogP contribution in [0.15, 0.2) is 42.5 Å². The third-order valence-electron chi connectivity index (χ3n) is 5.41. The summed E-state index contributed by atoms with van der Waals surface area (Å²) in [4.78, 5) is 15.0. The van der Waals surface area contributed by atoms with Gasteiger partial charge in [-0.25, -0.2) is 0 Å². The predicted octanol–water partition coefficient (Wildman–Crippen LogP) is 4.05. The molecule has 0 radical (unpaired) electrons. The Hall–Kier alpha value is -2.69. The molecule has 5 nitrogen and oxygen atoms in total. The molecule has 1 aliphatic heterocycles. The molecule has 1 atom stereocenters. The minimum atomic E-state index is 0.160. The van der Waals surface area contributed by atoms with Gasteiger partial charge in [0.25, 0.3) is 0 Å². The fraction of sp³-hybridized carbons (Fsp3) is 0.435. The molecule has 1 saturated heterocycles. The van der Waals surface area contributed by atoms with Gasteiger partial charge in [-0.05, 0) is 48.2 Å². The molecule has 0 aromatic heterocycles. The predicted molar refractivity (Wildman–Crippen MR) is 109 cm³/mol. The van der Waals surface area contributed by atoms with Gasteiger partial charge in [0.1, 0.15) is 5.75 Å². The van der Waals surface area contributed by atoms with Crippen LogP contribution in [0.3, 0.4) is 0 Å². The summed E-state index contributed by atoms with van der Waals surface area (Å²) >= 11 is 0.